The highest BCUT2D eigenvalue weighted by Crippen LogP contribution is 2.54. The lowest BCUT2D eigenvalue weighted by Crippen LogP contribution is -2.32. The number of aryl methyl sites for hydroxylation is 3. The van der Waals surface area contributed by atoms with Gasteiger partial charge in [-0.1, -0.05) is 62.4 Å². The summed E-state index contributed by atoms with van der Waals surface area (Å²) in [6.45, 7) is 11.4. The summed E-state index contributed by atoms with van der Waals surface area (Å²) in [4.78, 5) is 2.60. The van der Waals surface area contributed by atoms with Crippen molar-refractivity contribution in [3.05, 3.63) is 77.2 Å². The first-order valence-electron chi connectivity index (χ1n) is 11.9. The van der Waals surface area contributed by atoms with Crippen LogP contribution in [0.5, 0.6) is 0 Å². The van der Waals surface area contributed by atoms with E-state index in [9.17, 15) is 4.39 Å². The number of hydrogen-bond acceptors (Lipinski definition) is 1. The highest BCUT2D eigenvalue weighted by Gasteiger charge is 2.33. The first-order chi connectivity index (χ1) is 16.1. The standard InChI is InChI=1S/C31H29FNS/c1-17-7-9-23-24(13-17)18(2)26-28-27-19(11-12-33(28)6)14-20-15-21(32)8-10-22(20)29(27)34-30(26)25(23)16-31(3,4)5/h7-15H,16H2,1-6H3/q+1. The third-order valence-corrected chi connectivity index (χ3v) is 8.36. The normalized spacial score (nSPS) is 13.1. The van der Waals surface area contributed by atoms with Crippen LogP contribution >= 0.6 is 11.8 Å². The second kappa shape index (κ2) is 7.29. The summed E-state index contributed by atoms with van der Waals surface area (Å²) in [5.74, 6) is -0.187. The fourth-order valence-corrected chi connectivity index (χ4v) is 7.08. The van der Waals surface area contributed by atoms with Gasteiger partial charge in [0.25, 0.3) is 0 Å². The van der Waals surface area contributed by atoms with Crippen molar-refractivity contribution in [1.29, 1.82) is 0 Å². The van der Waals surface area contributed by atoms with Gasteiger partial charge in [0.05, 0.1) is 10.9 Å². The summed E-state index contributed by atoms with van der Waals surface area (Å²) in [5.41, 5.74) is 6.82. The molecule has 0 radical (unpaired) electrons. The zero-order valence-electron chi connectivity index (χ0n) is 20.6. The molecule has 6 rings (SSSR count). The van der Waals surface area contributed by atoms with Crippen molar-refractivity contribution in [2.24, 2.45) is 12.5 Å². The number of nitrogens with zero attached hydrogens (tertiary/aromatic N) is 1. The summed E-state index contributed by atoms with van der Waals surface area (Å²) >= 11 is 1.88. The van der Waals surface area contributed by atoms with Gasteiger partial charge in [-0.2, -0.15) is 0 Å². The topological polar surface area (TPSA) is 3.88 Å². The van der Waals surface area contributed by atoms with Crippen molar-refractivity contribution < 1.29 is 8.96 Å². The van der Waals surface area contributed by atoms with Crippen molar-refractivity contribution in [1.82, 2.24) is 0 Å². The second-order valence-corrected chi connectivity index (χ2v) is 12.0. The van der Waals surface area contributed by atoms with Gasteiger partial charge in [-0.15, -0.1) is 0 Å². The third-order valence-electron chi connectivity index (χ3n) is 7.08. The van der Waals surface area contributed by atoms with Crippen LogP contribution < -0.4 is 4.57 Å². The van der Waals surface area contributed by atoms with E-state index in [1.54, 1.807) is 12.1 Å². The average Bonchev–Trinajstić information content (AvgIpc) is 2.77. The van der Waals surface area contributed by atoms with E-state index in [0.29, 0.717) is 0 Å². The Balaban J connectivity index is 1.83. The molecule has 0 saturated heterocycles. The van der Waals surface area contributed by atoms with Crippen molar-refractivity contribution in [3.63, 3.8) is 0 Å². The Bertz CT molecular complexity index is 1670. The van der Waals surface area contributed by atoms with Crippen LogP contribution in [0, 0.1) is 25.1 Å². The van der Waals surface area contributed by atoms with Crippen LogP contribution in [0.3, 0.4) is 0 Å². The lowest BCUT2D eigenvalue weighted by Gasteiger charge is -2.28. The van der Waals surface area contributed by atoms with Crippen molar-refractivity contribution >= 4 is 44.1 Å². The van der Waals surface area contributed by atoms with E-state index in [2.05, 4.69) is 82.8 Å². The molecular weight excluding hydrogens is 437 g/mol. The summed E-state index contributed by atoms with van der Waals surface area (Å²) in [6, 6.07) is 16.4. The lowest BCUT2D eigenvalue weighted by molar-refractivity contribution is -0.659. The van der Waals surface area contributed by atoms with E-state index in [0.717, 1.165) is 17.2 Å². The zero-order chi connectivity index (χ0) is 23.9. The van der Waals surface area contributed by atoms with Crippen molar-refractivity contribution in [2.45, 2.75) is 50.8 Å². The fraction of sp³-hybridized carbons (Fsp3) is 0.258. The largest absolute Gasteiger partial charge is 0.222 e. The molecule has 1 aromatic heterocycles. The van der Waals surface area contributed by atoms with Gasteiger partial charge in [0.1, 0.15) is 12.9 Å². The molecule has 170 valence electrons. The maximum absolute atomic E-state index is 14.2. The minimum atomic E-state index is -0.187. The van der Waals surface area contributed by atoms with Crippen LogP contribution in [0.25, 0.3) is 43.6 Å². The van der Waals surface area contributed by atoms with Gasteiger partial charge in [-0.05, 0) is 81.9 Å². The first-order valence-corrected chi connectivity index (χ1v) is 12.7. The van der Waals surface area contributed by atoms with E-state index in [-0.39, 0.29) is 11.2 Å². The van der Waals surface area contributed by atoms with Gasteiger partial charge in [-0.3, -0.25) is 0 Å². The molecule has 34 heavy (non-hydrogen) atoms. The van der Waals surface area contributed by atoms with Crippen LogP contribution in [0.4, 0.5) is 4.39 Å². The first kappa shape index (κ1) is 21.6. The van der Waals surface area contributed by atoms with Crippen molar-refractivity contribution in [3.8, 4) is 11.3 Å². The number of pyridine rings is 1. The Kier molecular flexibility index (Phi) is 4.64. The molecule has 0 fully saturated rings. The zero-order valence-corrected chi connectivity index (χ0v) is 21.5. The minimum Gasteiger partial charge on any atom is -0.207 e. The molecule has 0 amide bonds. The van der Waals surface area contributed by atoms with E-state index < -0.39 is 0 Å². The van der Waals surface area contributed by atoms with Gasteiger partial charge in [0.15, 0.2) is 6.20 Å². The predicted octanol–water partition coefficient (Wildman–Crippen LogP) is 8.45. The monoisotopic (exact) mass is 466 g/mol. The van der Waals surface area contributed by atoms with E-state index in [4.69, 9.17) is 0 Å². The Hall–Kier alpha value is -2.91. The summed E-state index contributed by atoms with van der Waals surface area (Å²) in [5, 5.41) is 7.23. The number of fused-ring (bicyclic) bond motifs is 5. The molecule has 0 spiro atoms. The lowest BCUT2D eigenvalue weighted by atomic mass is 9.82. The molecule has 2 heterocycles. The van der Waals surface area contributed by atoms with Crippen LogP contribution in [-0.4, -0.2) is 0 Å². The molecule has 0 bridgehead atoms. The number of aromatic nitrogens is 1. The number of rotatable bonds is 1. The molecule has 0 atom stereocenters. The van der Waals surface area contributed by atoms with Crippen LogP contribution in [0.2, 0.25) is 0 Å². The van der Waals surface area contributed by atoms with Crippen molar-refractivity contribution in [2.75, 3.05) is 0 Å². The Labute approximate surface area is 204 Å². The van der Waals surface area contributed by atoms with Gasteiger partial charge in [0, 0.05) is 15.9 Å². The smallest absolute Gasteiger partial charge is 0.207 e. The molecule has 4 aromatic carbocycles. The fourth-order valence-electron chi connectivity index (χ4n) is 5.61. The summed E-state index contributed by atoms with van der Waals surface area (Å²) < 4.78 is 16.4. The van der Waals surface area contributed by atoms with E-state index >= 15 is 0 Å². The van der Waals surface area contributed by atoms with E-state index in [1.165, 1.54) is 59.3 Å². The molecule has 1 aliphatic rings. The number of hydrogen-bond donors (Lipinski definition) is 0. The average molecular weight is 467 g/mol. The Morgan fingerprint density at radius 3 is 2.38 bits per heavy atom. The quantitative estimate of drug-likeness (QED) is 0.174. The maximum Gasteiger partial charge on any atom is 0.222 e. The predicted molar refractivity (Wildman–Crippen MR) is 142 cm³/mol. The molecule has 0 aliphatic carbocycles. The highest BCUT2D eigenvalue weighted by atomic mass is 32.2. The van der Waals surface area contributed by atoms with E-state index in [1.807, 2.05) is 17.8 Å². The molecule has 0 N–H and O–H groups in total. The van der Waals surface area contributed by atoms with Gasteiger partial charge in [0.2, 0.25) is 5.69 Å². The molecule has 1 aliphatic heterocycles. The van der Waals surface area contributed by atoms with Crippen LogP contribution in [0.1, 0.15) is 37.5 Å². The molecule has 0 saturated carbocycles. The second-order valence-electron chi connectivity index (χ2n) is 11.0. The number of benzene rings is 4. The molecule has 1 nitrogen and oxygen atoms in total. The molecule has 0 unspecified atom stereocenters. The summed E-state index contributed by atoms with van der Waals surface area (Å²) in [6.07, 6.45) is 3.15. The maximum atomic E-state index is 14.2. The molecule has 5 aromatic rings. The Morgan fingerprint density at radius 1 is 0.853 bits per heavy atom. The summed E-state index contributed by atoms with van der Waals surface area (Å²) in [7, 11) is 2.15. The SMILES string of the molecule is Cc1ccc2c(CC(C)(C)C)c3c(c(C)c2c1)-c1c2c(c4ccc(F)cc4cc2cc[n+]1C)S3. The van der Waals surface area contributed by atoms with Crippen LogP contribution in [-0.2, 0) is 13.5 Å². The van der Waals surface area contributed by atoms with Gasteiger partial charge in [-0.25, -0.2) is 8.96 Å². The van der Waals surface area contributed by atoms with Gasteiger partial charge < -0.3 is 0 Å². The molecule has 3 heteroatoms. The van der Waals surface area contributed by atoms with Gasteiger partial charge >= 0.3 is 0 Å². The highest BCUT2D eigenvalue weighted by molar-refractivity contribution is 8.00. The number of halogens is 1. The Morgan fingerprint density at radius 2 is 1.62 bits per heavy atom. The minimum absolute atomic E-state index is 0.151. The molecular formula is C31H29FNS+. The van der Waals surface area contributed by atoms with Crippen LogP contribution in [0.15, 0.2) is 64.5 Å². The third kappa shape index (κ3) is 3.17.